The minimum atomic E-state index is -0.271. The highest BCUT2D eigenvalue weighted by Gasteiger charge is 2.37. The average Bonchev–Trinajstić information content (AvgIpc) is 3.25. The number of likely N-dealkylation sites (tertiary alicyclic amines) is 1. The van der Waals surface area contributed by atoms with E-state index >= 15 is 0 Å². The van der Waals surface area contributed by atoms with Crippen molar-refractivity contribution in [2.75, 3.05) is 26.2 Å². The summed E-state index contributed by atoms with van der Waals surface area (Å²) in [6.07, 6.45) is 13.5. The van der Waals surface area contributed by atoms with Crippen molar-refractivity contribution in [3.8, 4) is 0 Å². The SMILES string of the molecule is CCN(CC)C(=O)N(C1CCCCCC1)C1CCN(C(=O)[C@@H](Cc2ccc(Cl)cc2)NC2CCC(N)CC2)CC1.Cl. The van der Waals surface area contributed by atoms with E-state index in [9.17, 15) is 9.59 Å². The summed E-state index contributed by atoms with van der Waals surface area (Å²) in [6, 6.07) is 8.88. The zero-order valence-corrected chi connectivity index (χ0v) is 26.8. The number of hydrogen-bond acceptors (Lipinski definition) is 4. The molecule has 1 aromatic carbocycles. The topological polar surface area (TPSA) is 81.9 Å². The van der Waals surface area contributed by atoms with E-state index in [4.69, 9.17) is 17.3 Å². The van der Waals surface area contributed by atoms with Crippen LogP contribution in [-0.4, -0.2) is 83.0 Å². The molecule has 0 bridgehead atoms. The normalized spacial score (nSPS) is 23.3. The van der Waals surface area contributed by atoms with Gasteiger partial charge in [-0.1, -0.05) is 49.4 Å². The molecular weight excluding hydrogens is 557 g/mol. The Kier molecular flexibility index (Phi) is 14.0. The van der Waals surface area contributed by atoms with Gasteiger partial charge in [0.05, 0.1) is 6.04 Å². The molecule has 3 amide bonds. The number of hydrogen-bond donors (Lipinski definition) is 2. The molecule has 0 spiro atoms. The quantitative estimate of drug-likeness (QED) is 0.336. The Morgan fingerprint density at radius 1 is 0.902 bits per heavy atom. The van der Waals surface area contributed by atoms with E-state index in [-0.39, 0.29) is 42.5 Å². The van der Waals surface area contributed by atoms with Crippen molar-refractivity contribution in [1.82, 2.24) is 20.0 Å². The van der Waals surface area contributed by atoms with Gasteiger partial charge in [-0.25, -0.2) is 4.79 Å². The van der Waals surface area contributed by atoms with Gasteiger partial charge in [0.1, 0.15) is 0 Å². The number of amides is 3. The lowest BCUT2D eigenvalue weighted by Gasteiger charge is -2.44. The van der Waals surface area contributed by atoms with Crippen LogP contribution in [0.3, 0.4) is 0 Å². The Labute approximate surface area is 259 Å². The van der Waals surface area contributed by atoms with E-state index in [2.05, 4.69) is 24.1 Å². The van der Waals surface area contributed by atoms with E-state index in [0.29, 0.717) is 36.6 Å². The third-order valence-electron chi connectivity index (χ3n) is 9.50. The first-order chi connectivity index (χ1) is 19.4. The van der Waals surface area contributed by atoms with Crippen LogP contribution in [-0.2, 0) is 11.2 Å². The molecule has 1 aliphatic heterocycles. The molecule has 0 radical (unpaired) electrons. The van der Waals surface area contributed by atoms with Crippen molar-refractivity contribution in [3.63, 3.8) is 0 Å². The molecule has 1 aromatic rings. The molecule has 0 aromatic heterocycles. The molecule has 1 atom stereocenters. The van der Waals surface area contributed by atoms with E-state index in [0.717, 1.165) is 70.0 Å². The van der Waals surface area contributed by atoms with E-state index in [1.54, 1.807) is 0 Å². The molecule has 2 saturated carbocycles. The fraction of sp³-hybridized carbons (Fsp3) is 0.750. The molecule has 1 heterocycles. The highest BCUT2D eigenvalue weighted by molar-refractivity contribution is 6.30. The molecule has 1 saturated heterocycles. The van der Waals surface area contributed by atoms with Gasteiger partial charge in [-0.2, -0.15) is 0 Å². The van der Waals surface area contributed by atoms with Gasteiger partial charge in [0.25, 0.3) is 0 Å². The zero-order valence-electron chi connectivity index (χ0n) is 25.2. The summed E-state index contributed by atoms with van der Waals surface area (Å²) in [5.41, 5.74) is 7.27. The van der Waals surface area contributed by atoms with Gasteiger partial charge in [0.15, 0.2) is 0 Å². The molecule has 0 unspecified atom stereocenters. The maximum absolute atomic E-state index is 14.0. The van der Waals surface area contributed by atoms with Crippen LogP contribution in [0.5, 0.6) is 0 Å². The van der Waals surface area contributed by atoms with Crippen LogP contribution < -0.4 is 11.1 Å². The fourth-order valence-electron chi connectivity index (χ4n) is 7.03. The number of halogens is 2. The summed E-state index contributed by atoms with van der Waals surface area (Å²) in [5, 5.41) is 4.44. The maximum Gasteiger partial charge on any atom is 0.320 e. The standard InChI is InChI=1S/C32H52ClN5O2.ClH/c1-3-36(4-2)32(40)38(28-9-7-5-6-8-10-28)29-19-21-37(22-20-29)31(39)30(23-24-11-13-25(33)14-12-24)35-27-17-15-26(34)16-18-27;/h11-14,26-30,35H,3-10,15-23,34H2,1-2H3;1H/t26?,27?,30-;/m1./s1. The minimum absolute atomic E-state index is 0. The first kappa shape index (κ1) is 34.0. The molecule has 3 fully saturated rings. The van der Waals surface area contributed by atoms with Crippen LogP contribution >= 0.6 is 24.0 Å². The summed E-state index contributed by atoms with van der Waals surface area (Å²) >= 11 is 6.13. The van der Waals surface area contributed by atoms with Gasteiger partial charge in [-0.15, -0.1) is 12.4 Å². The summed E-state index contributed by atoms with van der Waals surface area (Å²) < 4.78 is 0. The lowest BCUT2D eigenvalue weighted by Crippen LogP contribution is -2.58. The second kappa shape index (κ2) is 16.9. The van der Waals surface area contributed by atoms with Gasteiger partial charge >= 0.3 is 6.03 Å². The lowest BCUT2D eigenvalue weighted by molar-refractivity contribution is -0.135. The average molecular weight is 611 g/mol. The largest absolute Gasteiger partial charge is 0.341 e. The van der Waals surface area contributed by atoms with E-state index in [1.807, 2.05) is 34.1 Å². The van der Waals surface area contributed by atoms with Gasteiger partial charge < -0.3 is 25.8 Å². The predicted molar refractivity (Wildman–Crippen MR) is 171 cm³/mol. The highest BCUT2D eigenvalue weighted by Crippen LogP contribution is 2.29. The van der Waals surface area contributed by atoms with Crippen molar-refractivity contribution in [1.29, 1.82) is 0 Å². The Balaban J connectivity index is 0.00000462. The summed E-state index contributed by atoms with van der Waals surface area (Å²) in [4.78, 5) is 34.0. The van der Waals surface area contributed by atoms with Crippen LogP contribution in [0.15, 0.2) is 24.3 Å². The van der Waals surface area contributed by atoms with Gasteiger partial charge in [0, 0.05) is 55.4 Å². The number of nitrogens with two attached hydrogens (primary N) is 1. The molecule has 9 heteroatoms. The third kappa shape index (κ3) is 9.47. The molecule has 2 aliphatic carbocycles. The van der Waals surface area contributed by atoms with Crippen LogP contribution in [0.2, 0.25) is 5.02 Å². The smallest absolute Gasteiger partial charge is 0.320 e. The van der Waals surface area contributed by atoms with Crippen molar-refractivity contribution in [3.05, 3.63) is 34.9 Å². The second-order valence-electron chi connectivity index (χ2n) is 12.2. The maximum atomic E-state index is 14.0. The van der Waals surface area contributed by atoms with Crippen molar-refractivity contribution >= 4 is 35.9 Å². The Hall–Kier alpha value is -1.54. The molecule has 3 N–H and O–H groups in total. The second-order valence-corrected chi connectivity index (χ2v) is 12.7. The van der Waals surface area contributed by atoms with E-state index < -0.39 is 0 Å². The monoisotopic (exact) mass is 609 g/mol. The minimum Gasteiger partial charge on any atom is -0.341 e. The number of urea groups is 1. The molecule has 7 nitrogen and oxygen atoms in total. The van der Waals surface area contributed by atoms with Crippen LogP contribution in [0.4, 0.5) is 4.79 Å². The van der Waals surface area contributed by atoms with Crippen molar-refractivity contribution < 1.29 is 9.59 Å². The lowest BCUT2D eigenvalue weighted by atomic mass is 9.90. The van der Waals surface area contributed by atoms with E-state index in [1.165, 1.54) is 25.7 Å². The molecule has 232 valence electrons. The number of benzene rings is 1. The summed E-state index contributed by atoms with van der Waals surface area (Å²) in [5.74, 6) is 0.180. The van der Waals surface area contributed by atoms with Crippen molar-refractivity contribution in [2.45, 2.75) is 128 Å². The summed E-state index contributed by atoms with van der Waals surface area (Å²) in [7, 11) is 0. The number of carbonyl (C=O) groups is 2. The van der Waals surface area contributed by atoms with Crippen LogP contribution in [0, 0.1) is 0 Å². The third-order valence-corrected chi connectivity index (χ3v) is 9.75. The first-order valence-corrected chi connectivity index (χ1v) is 16.4. The van der Waals surface area contributed by atoms with Gasteiger partial charge in [-0.05, 0) is 89.3 Å². The fourth-order valence-corrected chi connectivity index (χ4v) is 7.16. The van der Waals surface area contributed by atoms with Gasteiger partial charge in [0.2, 0.25) is 5.91 Å². The van der Waals surface area contributed by atoms with Crippen molar-refractivity contribution in [2.24, 2.45) is 5.73 Å². The van der Waals surface area contributed by atoms with Gasteiger partial charge in [-0.3, -0.25) is 4.79 Å². The molecule has 41 heavy (non-hydrogen) atoms. The first-order valence-electron chi connectivity index (χ1n) is 16.0. The Morgan fingerprint density at radius 3 is 2.02 bits per heavy atom. The molecule has 3 aliphatic rings. The molecular formula is C32H53Cl2N5O2. The number of carbonyl (C=O) groups excluding carboxylic acids is 2. The van der Waals surface area contributed by atoms with Crippen LogP contribution in [0.1, 0.15) is 96.5 Å². The summed E-state index contributed by atoms with van der Waals surface area (Å²) in [6.45, 7) is 7.02. The van der Waals surface area contributed by atoms with Crippen LogP contribution in [0.25, 0.3) is 0 Å². The number of rotatable bonds is 9. The number of piperidine rings is 1. The molecule has 4 rings (SSSR count). The Bertz CT molecular complexity index is 921. The Morgan fingerprint density at radius 2 is 1.46 bits per heavy atom. The zero-order chi connectivity index (χ0) is 28.5. The highest BCUT2D eigenvalue weighted by atomic mass is 35.5. The number of nitrogens with one attached hydrogen (secondary N) is 1. The number of nitrogens with zero attached hydrogens (tertiary/aromatic N) is 3. The predicted octanol–water partition coefficient (Wildman–Crippen LogP) is 6.01.